The van der Waals surface area contributed by atoms with Crippen LogP contribution >= 0.6 is 0 Å². The lowest BCUT2D eigenvalue weighted by atomic mass is 9.50. The molecule has 4 rings (SSSR count). The first kappa shape index (κ1) is 6.47. The predicted octanol–water partition coefficient (Wildman–Crippen LogP) is 1.79. The van der Waals surface area contributed by atoms with Crippen molar-refractivity contribution in [3.8, 4) is 0 Å². The maximum Gasteiger partial charge on any atom is 0.00108 e. The van der Waals surface area contributed by atoms with Gasteiger partial charge in [0.05, 0.1) is 0 Å². The first-order valence-corrected chi connectivity index (χ1v) is 5.10. The summed E-state index contributed by atoms with van der Waals surface area (Å²) in [7, 11) is 0. The summed E-state index contributed by atoms with van der Waals surface area (Å²) in [6, 6.07) is 0. The van der Waals surface area contributed by atoms with E-state index in [1.54, 1.807) is 12.8 Å². The maximum atomic E-state index is 3.57. The smallest absolute Gasteiger partial charge is 0.00108 e. The van der Waals surface area contributed by atoms with Gasteiger partial charge in [0, 0.05) is 6.54 Å². The Morgan fingerprint density at radius 1 is 1.18 bits per heavy atom. The van der Waals surface area contributed by atoms with E-state index in [0.29, 0.717) is 0 Å². The molecule has 4 fully saturated rings. The van der Waals surface area contributed by atoms with Crippen molar-refractivity contribution in [1.82, 2.24) is 5.32 Å². The van der Waals surface area contributed by atoms with Gasteiger partial charge in [0.15, 0.2) is 0 Å². The van der Waals surface area contributed by atoms with Crippen LogP contribution in [-0.4, -0.2) is 13.1 Å². The van der Waals surface area contributed by atoms with Crippen molar-refractivity contribution in [2.75, 3.05) is 13.1 Å². The molecular weight excluding hydrogens is 134 g/mol. The molecule has 0 radical (unpaired) electrons. The molecule has 1 nitrogen and oxygen atoms in total. The molecule has 2 saturated heterocycles. The Balaban J connectivity index is 1.74. The zero-order chi connectivity index (χ0) is 7.31. The first-order chi connectivity index (χ1) is 5.39. The molecular formula is C10H17N. The summed E-state index contributed by atoms with van der Waals surface area (Å²) in [5.41, 5.74) is 0.807. The Hall–Kier alpha value is -0.0400. The summed E-state index contributed by atoms with van der Waals surface area (Å²) in [4.78, 5) is 0. The van der Waals surface area contributed by atoms with E-state index in [9.17, 15) is 0 Å². The molecule has 0 atom stereocenters. The van der Waals surface area contributed by atoms with E-state index in [1.807, 2.05) is 0 Å². The minimum absolute atomic E-state index is 0.807. The average Bonchev–Trinajstić information content (AvgIpc) is 1.82. The van der Waals surface area contributed by atoms with Gasteiger partial charge in [0.1, 0.15) is 0 Å². The Morgan fingerprint density at radius 2 is 2.00 bits per heavy atom. The fourth-order valence-corrected chi connectivity index (χ4v) is 3.40. The third-order valence-electron chi connectivity index (χ3n) is 4.27. The van der Waals surface area contributed by atoms with Crippen molar-refractivity contribution in [1.29, 1.82) is 0 Å². The van der Waals surface area contributed by atoms with Crippen LogP contribution in [0.1, 0.15) is 32.1 Å². The predicted molar refractivity (Wildman–Crippen MR) is 45.4 cm³/mol. The molecule has 1 N–H and O–H groups in total. The van der Waals surface area contributed by atoms with Crippen LogP contribution in [0.5, 0.6) is 0 Å². The summed E-state index contributed by atoms with van der Waals surface area (Å²) in [6.07, 6.45) is 7.70. The quantitative estimate of drug-likeness (QED) is 0.602. The molecule has 0 unspecified atom stereocenters. The van der Waals surface area contributed by atoms with Gasteiger partial charge in [0.25, 0.3) is 0 Å². The van der Waals surface area contributed by atoms with E-state index in [2.05, 4.69) is 5.32 Å². The fraction of sp³-hybridized carbons (Fsp3) is 1.00. The molecule has 2 heterocycles. The second kappa shape index (κ2) is 2.01. The van der Waals surface area contributed by atoms with E-state index in [-0.39, 0.29) is 0 Å². The van der Waals surface area contributed by atoms with Gasteiger partial charge in [-0.05, 0) is 49.5 Å². The molecule has 0 spiro atoms. The monoisotopic (exact) mass is 151 g/mol. The fourth-order valence-electron chi connectivity index (χ4n) is 3.40. The van der Waals surface area contributed by atoms with Crippen LogP contribution < -0.4 is 5.32 Å². The van der Waals surface area contributed by atoms with Crippen LogP contribution in [0, 0.1) is 17.3 Å². The number of piperidine rings is 2. The molecule has 2 saturated carbocycles. The van der Waals surface area contributed by atoms with Crippen LogP contribution in [0.2, 0.25) is 0 Å². The summed E-state index contributed by atoms with van der Waals surface area (Å²) in [5.74, 6) is 2.18. The minimum Gasteiger partial charge on any atom is -0.316 e. The minimum atomic E-state index is 0.807. The van der Waals surface area contributed by atoms with Crippen molar-refractivity contribution in [3.63, 3.8) is 0 Å². The standard InChI is InChI=1S/C10H17N/c1-2-9(3-1)10-4-8(5-10)6-11-7-10/h8-9,11H,1-7H2. The Bertz CT molecular complexity index is 160. The van der Waals surface area contributed by atoms with E-state index in [1.165, 1.54) is 32.4 Å². The Kier molecular flexibility index (Phi) is 1.18. The lowest BCUT2D eigenvalue weighted by Crippen LogP contribution is -2.59. The first-order valence-electron chi connectivity index (χ1n) is 5.10. The van der Waals surface area contributed by atoms with Crippen molar-refractivity contribution in [2.24, 2.45) is 17.3 Å². The summed E-state index contributed by atoms with van der Waals surface area (Å²) in [5, 5.41) is 3.57. The molecule has 4 aliphatic rings. The third kappa shape index (κ3) is 0.752. The number of fused-ring (bicyclic) bond motifs is 2. The molecule has 62 valence electrons. The van der Waals surface area contributed by atoms with Crippen molar-refractivity contribution >= 4 is 0 Å². The van der Waals surface area contributed by atoms with E-state index < -0.39 is 0 Å². The number of hydrogen-bond acceptors (Lipinski definition) is 1. The van der Waals surface area contributed by atoms with Gasteiger partial charge < -0.3 is 5.32 Å². The zero-order valence-electron chi connectivity index (χ0n) is 7.10. The topological polar surface area (TPSA) is 12.0 Å². The van der Waals surface area contributed by atoms with Gasteiger partial charge in [-0.15, -0.1) is 0 Å². The second-order valence-electron chi connectivity index (χ2n) is 4.90. The van der Waals surface area contributed by atoms with Gasteiger partial charge in [-0.3, -0.25) is 0 Å². The van der Waals surface area contributed by atoms with Crippen LogP contribution in [0.4, 0.5) is 0 Å². The molecule has 0 amide bonds. The second-order valence-corrected chi connectivity index (χ2v) is 4.90. The highest BCUT2D eigenvalue weighted by atomic mass is 14.9. The number of rotatable bonds is 1. The van der Waals surface area contributed by atoms with Crippen molar-refractivity contribution < 1.29 is 0 Å². The molecule has 0 aromatic rings. The Morgan fingerprint density at radius 3 is 2.45 bits per heavy atom. The highest BCUT2D eigenvalue weighted by Gasteiger charge is 2.52. The highest BCUT2D eigenvalue weighted by molar-refractivity contribution is 5.05. The SMILES string of the molecule is C1CC(C23CNCC(C2)C3)C1. The molecule has 0 aromatic carbocycles. The largest absolute Gasteiger partial charge is 0.316 e. The van der Waals surface area contributed by atoms with E-state index >= 15 is 0 Å². The van der Waals surface area contributed by atoms with Gasteiger partial charge in [-0.1, -0.05) is 6.42 Å². The molecule has 11 heavy (non-hydrogen) atoms. The van der Waals surface area contributed by atoms with Crippen LogP contribution in [0.25, 0.3) is 0 Å². The van der Waals surface area contributed by atoms with E-state index in [0.717, 1.165) is 17.3 Å². The summed E-state index contributed by atoms with van der Waals surface area (Å²) < 4.78 is 0. The van der Waals surface area contributed by atoms with Crippen LogP contribution in [0.15, 0.2) is 0 Å². The molecule has 0 aromatic heterocycles. The lowest BCUT2D eigenvalue weighted by molar-refractivity contribution is -0.0691. The summed E-state index contributed by atoms with van der Waals surface area (Å²) in [6.45, 7) is 2.66. The molecule has 2 aliphatic heterocycles. The van der Waals surface area contributed by atoms with Gasteiger partial charge in [-0.2, -0.15) is 0 Å². The molecule has 2 aliphatic carbocycles. The van der Waals surface area contributed by atoms with Crippen LogP contribution in [0.3, 0.4) is 0 Å². The zero-order valence-corrected chi connectivity index (χ0v) is 7.10. The number of hydrogen-bond donors (Lipinski definition) is 1. The van der Waals surface area contributed by atoms with Crippen molar-refractivity contribution in [3.05, 3.63) is 0 Å². The third-order valence-corrected chi connectivity index (χ3v) is 4.27. The van der Waals surface area contributed by atoms with E-state index in [4.69, 9.17) is 0 Å². The van der Waals surface area contributed by atoms with Crippen LogP contribution in [-0.2, 0) is 0 Å². The van der Waals surface area contributed by atoms with Gasteiger partial charge >= 0.3 is 0 Å². The normalized spacial score (nSPS) is 49.6. The average molecular weight is 151 g/mol. The highest BCUT2D eigenvalue weighted by Crippen LogP contribution is 2.58. The maximum absolute atomic E-state index is 3.57. The molecule has 2 bridgehead atoms. The molecule has 1 heteroatoms. The van der Waals surface area contributed by atoms with Crippen molar-refractivity contribution in [2.45, 2.75) is 32.1 Å². The van der Waals surface area contributed by atoms with Gasteiger partial charge in [0.2, 0.25) is 0 Å². The lowest BCUT2D eigenvalue weighted by Gasteiger charge is -2.59. The Labute approximate surface area is 68.6 Å². The number of nitrogens with one attached hydrogen (secondary N) is 1. The summed E-state index contributed by atoms with van der Waals surface area (Å²) >= 11 is 0. The van der Waals surface area contributed by atoms with Gasteiger partial charge in [-0.25, -0.2) is 0 Å².